The lowest BCUT2D eigenvalue weighted by Gasteiger charge is -2.23. The van der Waals surface area contributed by atoms with Gasteiger partial charge < -0.3 is 15.0 Å². The van der Waals surface area contributed by atoms with Gasteiger partial charge >= 0.3 is 12.0 Å². The summed E-state index contributed by atoms with van der Waals surface area (Å²) in [5.41, 5.74) is 2.78. The molecule has 5 nitrogen and oxygen atoms in total. The SMILES string of the molecule is CCOC(=O)CCN(Cc1ccc(C)cc1)C(=O)Nc1ccc(Cl)cc1. The summed E-state index contributed by atoms with van der Waals surface area (Å²) in [4.78, 5) is 25.9. The van der Waals surface area contributed by atoms with Gasteiger partial charge in [0.05, 0.1) is 13.0 Å². The molecule has 0 spiro atoms. The number of hydrogen-bond donors (Lipinski definition) is 1. The second-order valence-corrected chi connectivity index (χ2v) is 6.34. The Balaban J connectivity index is 2.07. The zero-order valence-corrected chi connectivity index (χ0v) is 15.8. The molecule has 0 aromatic heterocycles. The summed E-state index contributed by atoms with van der Waals surface area (Å²) >= 11 is 5.87. The Morgan fingerprint density at radius 2 is 1.73 bits per heavy atom. The number of carbonyl (C=O) groups excluding carboxylic acids is 2. The van der Waals surface area contributed by atoms with E-state index in [1.54, 1.807) is 36.1 Å². The van der Waals surface area contributed by atoms with Crippen molar-refractivity contribution in [1.29, 1.82) is 0 Å². The average Bonchev–Trinajstić information content (AvgIpc) is 2.62. The second kappa shape index (κ2) is 9.82. The van der Waals surface area contributed by atoms with Crippen LogP contribution in [0.1, 0.15) is 24.5 Å². The maximum atomic E-state index is 12.7. The number of anilines is 1. The van der Waals surface area contributed by atoms with Gasteiger partial charge in [-0.15, -0.1) is 0 Å². The smallest absolute Gasteiger partial charge is 0.322 e. The first-order chi connectivity index (χ1) is 12.5. The van der Waals surface area contributed by atoms with E-state index in [9.17, 15) is 9.59 Å². The number of benzene rings is 2. The summed E-state index contributed by atoms with van der Waals surface area (Å²) in [6.45, 7) is 4.77. The minimum absolute atomic E-state index is 0.147. The number of aryl methyl sites for hydroxylation is 1. The number of carbonyl (C=O) groups is 2. The molecule has 0 atom stereocenters. The predicted octanol–water partition coefficient (Wildman–Crippen LogP) is 4.64. The third-order valence-electron chi connectivity index (χ3n) is 3.77. The van der Waals surface area contributed by atoms with E-state index in [2.05, 4.69) is 5.32 Å². The van der Waals surface area contributed by atoms with Crippen LogP contribution < -0.4 is 5.32 Å². The maximum Gasteiger partial charge on any atom is 0.322 e. The molecule has 0 fully saturated rings. The van der Waals surface area contributed by atoms with E-state index < -0.39 is 0 Å². The normalized spacial score (nSPS) is 10.3. The minimum atomic E-state index is -0.319. The molecule has 2 amide bonds. The van der Waals surface area contributed by atoms with E-state index in [1.165, 1.54) is 0 Å². The average molecular weight is 375 g/mol. The van der Waals surface area contributed by atoms with Crippen molar-refractivity contribution in [1.82, 2.24) is 4.90 Å². The van der Waals surface area contributed by atoms with Gasteiger partial charge in [-0.05, 0) is 43.7 Å². The third-order valence-corrected chi connectivity index (χ3v) is 4.02. The van der Waals surface area contributed by atoms with Gasteiger partial charge in [0.2, 0.25) is 0 Å². The fourth-order valence-electron chi connectivity index (χ4n) is 2.36. The van der Waals surface area contributed by atoms with Gasteiger partial charge in [-0.3, -0.25) is 4.79 Å². The van der Waals surface area contributed by atoms with E-state index in [-0.39, 0.29) is 25.0 Å². The molecule has 2 aromatic rings. The molecule has 0 heterocycles. The standard InChI is InChI=1S/C20H23ClN2O3/c1-3-26-19(24)12-13-23(14-16-6-4-15(2)5-7-16)20(25)22-18-10-8-17(21)9-11-18/h4-11H,3,12-14H2,1-2H3,(H,22,25). The van der Waals surface area contributed by atoms with Gasteiger partial charge in [-0.1, -0.05) is 41.4 Å². The Kier molecular flexibility index (Phi) is 7.48. The minimum Gasteiger partial charge on any atom is -0.466 e. The number of ether oxygens (including phenoxy) is 1. The number of urea groups is 1. The highest BCUT2D eigenvalue weighted by Crippen LogP contribution is 2.15. The maximum absolute atomic E-state index is 12.7. The zero-order chi connectivity index (χ0) is 18.9. The van der Waals surface area contributed by atoms with Crippen molar-refractivity contribution < 1.29 is 14.3 Å². The van der Waals surface area contributed by atoms with Crippen LogP contribution in [-0.2, 0) is 16.1 Å². The van der Waals surface area contributed by atoms with E-state index in [0.29, 0.717) is 23.9 Å². The van der Waals surface area contributed by atoms with Crippen LogP contribution in [0.25, 0.3) is 0 Å². The van der Waals surface area contributed by atoms with Crippen molar-refractivity contribution in [2.24, 2.45) is 0 Å². The molecular formula is C20H23ClN2O3. The van der Waals surface area contributed by atoms with Crippen molar-refractivity contribution >= 4 is 29.3 Å². The van der Waals surface area contributed by atoms with E-state index in [1.807, 2.05) is 31.2 Å². The Bertz CT molecular complexity index is 730. The molecule has 26 heavy (non-hydrogen) atoms. The van der Waals surface area contributed by atoms with Crippen LogP contribution in [0.2, 0.25) is 5.02 Å². The van der Waals surface area contributed by atoms with Crippen molar-refractivity contribution in [2.45, 2.75) is 26.8 Å². The molecule has 2 rings (SSSR count). The first kappa shape index (κ1) is 19.8. The number of rotatable bonds is 7. The summed E-state index contributed by atoms with van der Waals surface area (Å²) in [5, 5.41) is 3.43. The quantitative estimate of drug-likeness (QED) is 0.718. The highest BCUT2D eigenvalue weighted by Gasteiger charge is 2.16. The zero-order valence-electron chi connectivity index (χ0n) is 15.0. The summed E-state index contributed by atoms with van der Waals surface area (Å²) < 4.78 is 4.96. The lowest BCUT2D eigenvalue weighted by molar-refractivity contribution is -0.143. The van der Waals surface area contributed by atoms with E-state index >= 15 is 0 Å². The van der Waals surface area contributed by atoms with Gasteiger partial charge in [-0.25, -0.2) is 4.79 Å². The highest BCUT2D eigenvalue weighted by molar-refractivity contribution is 6.30. The first-order valence-electron chi connectivity index (χ1n) is 8.50. The lowest BCUT2D eigenvalue weighted by Crippen LogP contribution is -2.36. The Hall–Kier alpha value is -2.53. The van der Waals surface area contributed by atoms with Crippen LogP contribution in [0.4, 0.5) is 10.5 Å². The van der Waals surface area contributed by atoms with Gasteiger partial charge in [0, 0.05) is 23.8 Å². The summed E-state index contributed by atoms with van der Waals surface area (Å²) in [5.74, 6) is -0.319. The molecule has 138 valence electrons. The van der Waals surface area contributed by atoms with Crippen LogP contribution in [-0.4, -0.2) is 30.1 Å². The van der Waals surface area contributed by atoms with Crippen LogP contribution in [0, 0.1) is 6.92 Å². The Morgan fingerprint density at radius 1 is 1.08 bits per heavy atom. The number of amides is 2. The van der Waals surface area contributed by atoms with Gasteiger partial charge in [-0.2, -0.15) is 0 Å². The Morgan fingerprint density at radius 3 is 2.35 bits per heavy atom. The molecule has 6 heteroatoms. The summed E-state index contributed by atoms with van der Waals surface area (Å²) in [7, 11) is 0. The van der Waals surface area contributed by atoms with Crippen molar-refractivity contribution in [2.75, 3.05) is 18.5 Å². The lowest BCUT2D eigenvalue weighted by atomic mass is 10.1. The first-order valence-corrected chi connectivity index (χ1v) is 8.88. The predicted molar refractivity (Wildman–Crippen MR) is 103 cm³/mol. The van der Waals surface area contributed by atoms with Gasteiger partial charge in [0.1, 0.15) is 0 Å². The number of halogens is 1. The molecule has 0 bridgehead atoms. The van der Waals surface area contributed by atoms with Gasteiger partial charge in [0.15, 0.2) is 0 Å². The fourth-order valence-corrected chi connectivity index (χ4v) is 2.49. The Labute approximate surface area is 158 Å². The molecule has 0 radical (unpaired) electrons. The van der Waals surface area contributed by atoms with E-state index in [0.717, 1.165) is 11.1 Å². The largest absolute Gasteiger partial charge is 0.466 e. The monoisotopic (exact) mass is 374 g/mol. The van der Waals surface area contributed by atoms with Crippen molar-refractivity contribution in [3.8, 4) is 0 Å². The van der Waals surface area contributed by atoms with Crippen LogP contribution >= 0.6 is 11.6 Å². The number of nitrogens with zero attached hydrogens (tertiary/aromatic N) is 1. The topological polar surface area (TPSA) is 58.6 Å². The van der Waals surface area contributed by atoms with Crippen LogP contribution in [0.15, 0.2) is 48.5 Å². The molecular weight excluding hydrogens is 352 g/mol. The molecule has 0 saturated carbocycles. The van der Waals surface area contributed by atoms with E-state index in [4.69, 9.17) is 16.3 Å². The molecule has 0 saturated heterocycles. The molecule has 0 aliphatic heterocycles. The number of nitrogens with one attached hydrogen (secondary N) is 1. The van der Waals surface area contributed by atoms with Crippen molar-refractivity contribution in [3.63, 3.8) is 0 Å². The molecule has 1 N–H and O–H groups in total. The molecule has 0 unspecified atom stereocenters. The second-order valence-electron chi connectivity index (χ2n) is 5.90. The summed E-state index contributed by atoms with van der Waals surface area (Å²) in [6.07, 6.45) is 0.147. The number of esters is 1. The van der Waals surface area contributed by atoms with Crippen LogP contribution in [0.3, 0.4) is 0 Å². The van der Waals surface area contributed by atoms with Crippen LogP contribution in [0.5, 0.6) is 0 Å². The molecule has 0 aliphatic rings. The molecule has 2 aromatic carbocycles. The number of hydrogen-bond acceptors (Lipinski definition) is 3. The third kappa shape index (κ3) is 6.41. The fraction of sp³-hybridized carbons (Fsp3) is 0.300. The highest BCUT2D eigenvalue weighted by atomic mass is 35.5. The summed E-state index contributed by atoms with van der Waals surface area (Å²) in [6, 6.07) is 14.5. The molecule has 0 aliphatic carbocycles. The van der Waals surface area contributed by atoms with Gasteiger partial charge in [0.25, 0.3) is 0 Å². The van der Waals surface area contributed by atoms with Crippen molar-refractivity contribution in [3.05, 3.63) is 64.7 Å².